The molecule has 0 aliphatic carbocycles. The number of benzene rings is 2. The maximum absolute atomic E-state index is 13.5. The molecule has 2 rings (SSSR count). The molecule has 0 fully saturated rings. The number of aromatic carboxylic acids is 1. The van der Waals surface area contributed by atoms with Gasteiger partial charge in [0.15, 0.2) is 11.6 Å². The maximum atomic E-state index is 13.5. The molecular formula is C14H11BrFNO3. The summed E-state index contributed by atoms with van der Waals surface area (Å²) >= 11 is 3.21. The molecule has 20 heavy (non-hydrogen) atoms. The fraction of sp³-hybridized carbons (Fsp3) is 0.0714. The van der Waals surface area contributed by atoms with Crippen LogP contribution in [0.15, 0.2) is 40.9 Å². The molecule has 2 aromatic rings. The molecule has 0 spiro atoms. The Morgan fingerprint density at radius 2 is 2.10 bits per heavy atom. The Morgan fingerprint density at radius 3 is 2.80 bits per heavy atom. The third-order valence-electron chi connectivity index (χ3n) is 2.67. The summed E-state index contributed by atoms with van der Waals surface area (Å²) in [6.45, 7) is -0.0833. The minimum Gasteiger partial charge on any atom is -0.486 e. The molecule has 6 heteroatoms. The van der Waals surface area contributed by atoms with Crippen LogP contribution in [0, 0.1) is 5.82 Å². The predicted molar refractivity (Wildman–Crippen MR) is 76.2 cm³/mol. The number of halogens is 2. The van der Waals surface area contributed by atoms with Crippen LogP contribution in [0.2, 0.25) is 0 Å². The summed E-state index contributed by atoms with van der Waals surface area (Å²) in [4.78, 5) is 11.2. The van der Waals surface area contributed by atoms with Crippen LogP contribution < -0.4 is 10.5 Å². The second-order valence-corrected chi connectivity index (χ2v) is 4.97. The number of carbonyl (C=O) groups is 1. The van der Waals surface area contributed by atoms with Crippen LogP contribution in [-0.4, -0.2) is 11.1 Å². The SMILES string of the molecule is Nc1cccc(COc2cc(Br)ccc2F)c1C(=O)O. The summed E-state index contributed by atoms with van der Waals surface area (Å²) in [7, 11) is 0. The molecule has 0 aliphatic heterocycles. The van der Waals surface area contributed by atoms with E-state index in [0.29, 0.717) is 10.0 Å². The summed E-state index contributed by atoms with van der Waals surface area (Å²) in [5.74, 6) is -1.62. The van der Waals surface area contributed by atoms with Gasteiger partial charge in [0.1, 0.15) is 6.61 Å². The molecule has 0 heterocycles. The number of rotatable bonds is 4. The lowest BCUT2D eigenvalue weighted by Crippen LogP contribution is -2.09. The number of carboxylic acid groups (broad SMARTS) is 1. The average Bonchev–Trinajstić information content (AvgIpc) is 2.39. The number of nitrogens with two attached hydrogens (primary N) is 1. The monoisotopic (exact) mass is 339 g/mol. The number of carboxylic acids is 1. The van der Waals surface area contributed by atoms with Crippen LogP contribution in [0.3, 0.4) is 0 Å². The Morgan fingerprint density at radius 1 is 1.35 bits per heavy atom. The maximum Gasteiger partial charge on any atom is 0.338 e. The smallest absolute Gasteiger partial charge is 0.338 e. The fourth-order valence-electron chi connectivity index (χ4n) is 1.74. The van der Waals surface area contributed by atoms with Gasteiger partial charge in [-0.05, 0) is 24.3 Å². The van der Waals surface area contributed by atoms with Gasteiger partial charge in [0.25, 0.3) is 0 Å². The average molecular weight is 340 g/mol. The Bertz CT molecular complexity index is 661. The topological polar surface area (TPSA) is 72.5 Å². The van der Waals surface area contributed by atoms with Gasteiger partial charge in [0.05, 0.1) is 5.56 Å². The Labute approximate surface area is 123 Å². The van der Waals surface area contributed by atoms with E-state index in [4.69, 9.17) is 15.6 Å². The third-order valence-corrected chi connectivity index (χ3v) is 3.17. The Balaban J connectivity index is 2.25. The highest BCUT2D eigenvalue weighted by molar-refractivity contribution is 9.10. The summed E-state index contributed by atoms with van der Waals surface area (Å²) in [5, 5.41) is 9.13. The molecule has 0 saturated carbocycles. The second kappa shape index (κ2) is 5.92. The van der Waals surface area contributed by atoms with Crippen molar-refractivity contribution in [1.29, 1.82) is 0 Å². The molecule has 4 nitrogen and oxygen atoms in total. The number of nitrogen functional groups attached to an aromatic ring is 1. The molecule has 3 N–H and O–H groups in total. The van der Waals surface area contributed by atoms with E-state index >= 15 is 0 Å². The largest absolute Gasteiger partial charge is 0.486 e. The van der Waals surface area contributed by atoms with Crippen LogP contribution in [0.4, 0.5) is 10.1 Å². The first-order chi connectivity index (χ1) is 9.49. The van der Waals surface area contributed by atoms with Crippen molar-refractivity contribution in [3.05, 3.63) is 57.8 Å². The molecule has 0 amide bonds. The molecule has 2 aromatic carbocycles. The lowest BCUT2D eigenvalue weighted by Gasteiger charge is -2.11. The third kappa shape index (κ3) is 3.08. The molecule has 0 bridgehead atoms. The van der Waals surface area contributed by atoms with E-state index in [1.54, 1.807) is 18.2 Å². The van der Waals surface area contributed by atoms with Crippen molar-refractivity contribution in [2.45, 2.75) is 6.61 Å². The summed E-state index contributed by atoms with van der Waals surface area (Å²) in [6.07, 6.45) is 0. The van der Waals surface area contributed by atoms with Crippen molar-refractivity contribution in [3.63, 3.8) is 0 Å². The van der Waals surface area contributed by atoms with Crippen molar-refractivity contribution in [2.24, 2.45) is 0 Å². The Hall–Kier alpha value is -2.08. The van der Waals surface area contributed by atoms with E-state index in [-0.39, 0.29) is 23.6 Å². The summed E-state index contributed by atoms with van der Waals surface area (Å²) < 4.78 is 19.5. The number of ether oxygens (including phenoxy) is 1. The molecule has 0 saturated heterocycles. The molecule has 0 aliphatic rings. The zero-order valence-corrected chi connectivity index (χ0v) is 11.9. The molecule has 0 radical (unpaired) electrons. The fourth-order valence-corrected chi connectivity index (χ4v) is 2.08. The molecule has 104 valence electrons. The lowest BCUT2D eigenvalue weighted by molar-refractivity contribution is 0.0695. The van der Waals surface area contributed by atoms with Gasteiger partial charge in [-0.2, -0.15) is 0 Å². The minimum absolute atomic E-state index is 0.0251. The van der Waals surface area contributed by atoms with Gasteiger partial charge >= 0.3 is 5.97 Å². The van der Waals surface area contributed by atoms with Gasteiger partial charge in [-0.15, -0.1) is 0 Å². The quantitative estimate of drug-likeness (QED) is 0.837. The van der Waals surface area contributed by atoms with Crippen LogP contribution in [0.1, 0.15) is 15.9 Å². The zero-order chi connectivity index (χ0) is 14.7. The molecule has 0 aromatic heterocycles. The first-order valence-corrected chi connectivity index (χ1v) is 6.47. The van der Waals surface area contributed by atoms with E-state index in [2.05, 4.69) is 15.9 Å². The second-order valence-electron chi connectivity index (χ2n) is 4.05. The minimum atomic E-state index is -1.14. The van der Waals surface area contributed by atoms with E-state index in [1.165, 1.54) is 18.2 Å². The highest BCUT2D eigenvalue weighted by Gasteiger charge is 2.14. The van der Waals surface area contributed by atoms with Gasteiger partial charge in [-0.1, -0.05) is 28.1 Å². The number of anilines is 1. The molecule has 0 atom stereocenters. The number of hydrogen-bond donors (Lipinski definition) is 2. The first-order valence-electron chi connectivity index (χ1n) is 5.67. The van der Waals surface area contributed by atoms with Gasteiger partial charge in [0, 0.05) is 15.7 Å². The van der Waals surface area contributed by atoms with Gasteiger partial charge in [0.2, 0.25) is 0 Å². The van der Waals surface area contributed by atoms with E-state index in [9.17, 15) is 9.18 Å². The van der Waals surface area contributed by atoms with Gasteiger partial charge in [-0.25, -0.2) is 9.18 Å². The zero-order valence-electron chi connectivity index (χ0n) is 10.3. The van der Waals surface area contributed by atoms with Crippen LogP contribution >= 0.6 is 15.9 Å². The van der Waals surface area contributed by atoms with Crippen molar-refractivity contribution < 1.29 is 19.0 Å². The van der Waals surface area contributed by atoms with Crippen LogP contribution in [0.5, 0.6) is 5.75 Å². The van der Waals surface area contributed by atoms with Crippen molar-refractivity contribution >= 4 is 27.6 Å². The van der Waals surface area contributed by atoms with Gasteiger partial charge in [-0.3, -0.25) is 0 Å². The number of hydrogen-bond acceptors (Lipinski definition) is 3. The van der Waals surface area contributed by atoms with Crippen molar-refractivity contribution in [2.75, 3.05) is 5.73 Å². The highest BCUT2D eigenvalue weighted by Crippen LogP contribution is 2.24. The van der Waals surface area contributed by atoms with Crippen molar-refractivity contribution in [1.82, 2.24) is 0 Å². The first kappa shape index (κ1) is 14.3. The standard InChI is InChI=1S/C14H11BrFNO3/c15-9-4-5-10(16)12(6-9)20-7-8-2-1-3-11(17)13(8)14(18)19/h1-6H,7,17H2,(H,18,19). The molecular weight excluding hydrogens is 329 g/mol. The van der Waals surface area contributed by atoms with E-state index in [1.807, 2.05) is 0 Å². The summed E-state index contributed by atoms with van der Waals surface area (Å²) in [5.41, 5.74) is 6.13. The van der Waals surface area contributed by atoms with Crippen LogP contribution in [-0.2, 0) is 6.61 Å². The van der Waals surface area contributed by atoms with Crippen LogP contribution in [0.25, 0.3) is 0 Å². The molecule has 0 unspecified atom stereocenters. The van der Waals surface area contributed by atoms with E-state index in [0.717, 1.165) is 0 Å². The summed E-state index contributed by atoms with van der Waals surface area (Å²) in [6, 6.07) is 8.98. The van der Waals surface area contributed by atoms with Gasteiger partial charge < -0.3 is 15.6 Å². The predicted octanol–water partition coefficient (Wildman–Crippen LogP) is 3.45. The normalized spacial score (nSPS) is 10.3. The van der Waals surface area contributed by atoms with E-state index < -0.39 is 11.8 Å². The Kier molecular flexibility index (Phi) is 4.24. The lowest BCUT2D eigenvalue weighted by atomic mass is 10.1. The van der Waals surface area contributed by atoms with Crippen molar-refractivity contribution in [3.8, 4) is 5.75 Å². The highest BCUT2D eigenvalue weighted by atomic mass is 79.9.